The molecule has 2 amide bonds. The number of halogens is 1. The lowest BCUT2D eigenvalue weighted by Crippen LogP contribution is -2.62. The maximum absolute atomic E-state index is 15.2. The molecule has 9 nitrogen and oxygen atoms in total. The zero-order chi connectivity index (χ0) is 33.1. The van der Waals surface area contributed by atoms with Gasteiger partial charge in [0.1, 0.15) is 23.3 Å². The van der Waals surface area contributed by atoms with Crippen molar-refractivity contribution in [3.63, 3.8) is 0 Å². The van der Waals surface area contributed by atoms with Crippen LogP contribution in [0.5, 0.6) is 5.75 Å². The van der Waals surface area contributed by atoms with Crippen LogP contribution in [0.3, 0.4) is 0 Å². The second kappa shape index (κ2) is 11.2. The maximum atomic E-state index is 15.2. The van der Waals surface area contributed by atoms with E-state index in [4.69, 9.17) is 14.2 Å². The van der Waals surface area contributed by atoms with Crippen LogP contribution >= 0.6 is 0 Å². The number of para-hydroxylation sites is 1. The molecule has 3 aromatic carbocycles. The number of imide groups is 1. The number of anilines is 1. The number of Topliss-reactive ketones (excluding diaryl/α,β-unsaturated/α-hetero) is 2. The number of hydrogen-bond donors (Lipinski definition) is 0. The lowest BCUT2D eigenvalue weighted by atomic mass is 9.51. The minimum Gasteiger partial charge on any atom is -0.488 e. The van der Waals surface area contributed by atoms with Crippen molar-refractivity contribution in [1.29, 1.82) is 0 Å². The van der Waals surface area contributed by atoms with Crippen LogP contribution in [0.4, 0.5) is 14.9 Å². The molecule has 0 N–H and O–H groups in total. The first-order valence-corrected chi connectivity index (χ1v) is 15.2. The van der Waals surface area contributed by atoms with Gasteiger partial charge in [-0.2, -0.15) is 0 Å². The van der Waals surface area contributed by atoms with Gasteiger partial charge in [0.2, 0.25) is 11.7 Å². The Balaban J connectivity index is 1.67. The van der Waals surface area contributed by atoms with E-state index in [-0.39, 0.29) is 35.6 Å². The average Bonchev–Trinajstić information content (AvgIpc) is 3.23. The zero-order valence-electron chi connectivity index (χ0n) is 26.2. The summed E-state index contributed by atoms with van der Waals surface area (Å²) in [4.78, 5) is 71.4. The van der Waals surface area contributed by atoms with Crippen molar-refractivity contribution in [3.8, 4) is 5.75 Å². The number of benzene rings is 3. The van der Waals surface area contributed by atoms with E-state index >= 15 is 9.18 Å². The molecule has 0 saturated heterocycles. The van der Waals surface area contributed by atoms with Gasteiger partial charge in [0.05, 0.1) is 35.1 Å². The number of carbonyl (C=O) groups is 5. The summed E-state index contributed by atoms with van der Waals surface area (Å²) in [7, 11) is 0. The van der Waals surface area contributed by atoms with Crippen molar-refractivity contribution in [1.82, 2.24) is 0 Å². The minimum atomic E-state index is -1.86. The first-order chi connectivity index (χ1) is 21.8. The number of rotatable bonds is 4. The quantitative estimate of drug-likeness (QED) is 0.261. The smallest absolute Gasteiger partial charge is 0.421 e. The number of nitrogens with zero attached hydrogens (tertiary/aromatic N) is 1. The van der Waals surface area contributed by atoms with E-state index in [9.17, 15) is 19.2 Å². The molecule has 2 heterocycles. The molecule has 3 aliphatic rings. The van der Waals surface area contributed by atoms with Gasteiger partial charge < -0.3 is 14.2 Å². The number of hydrogen-bond acceptors (Lipinski definition) is 8. The highest BCUT2D eigenvalue weighted by atomic mass is 19.1. The molecule has 0 bridgehead atoms. The monoisotopic (exact) mass is 627 g/mol. The van der Waals surface area contributed by atoms with Crippen LogP contribution < -0.4 is 9.64 Å². The van der Waals surface area contributed by atoms with Gasteiger partial charge in [-0.15, -0.1) is 0 Å². The third kappa shape index (κ3) is 4.87. The highest BCUT2D eigenvalue weighted by Gasteiger charge is 2.68. The summed E-state index contributed by atoms with van der Waals surface area (Å²) in [6.07, 6.45) is -2.39. The third-order valence-corrected chi connectivity index (χ3v) is 8.96. The summed E-state index contributed by atoms with van der Waals surface area (Å²) in [5.41, 5.74) is -1.14. The fourth-order valence-electron chi connectivity index (χ4n) is 7.32. The number of amides is 2. The van der Waals surface area contributed by atoms with Crippen molar-refractivity contribution >= 4 is 35.2 Å². The molecule has 1 saturated carbocycles. The SMILES string of the molecule is CCOC(=O)C(=O)[C@@H]1[C@H]2Oc3ccccc3C(=O)[C@@H]2C[C@@]2(C(=O)N(C(=O)OC(C)(C)C)c3ccc(F)cc32)[C@H]1c1cccc(C)c1. The van der Waals surface area contributed by atoms with Gasteiger partial charge in [-0.05, 0) is 82.5 Å². The fourth-order valence-corrected chi connectivity index (χ4v) is 7.32. The van der Waals surface area contributed by atoms with Crippen LogP contribution in [-0.4, -0.2) is 47.8 Å². The zero-order valence-corrected chi connectivity index (χ0v) is 26.2. The van der Waals surface area contributed by atoms with Crippen molar-refractivity contribution in [2.75, 3.05) is 11.5 Å². The van der Waals surface area contributed by atoms with Crippen LogP contribution in [0.1, 0.15) is 67.1 Å². The molecule has 1 fully saturated rings. The second-order valence-electron chi connectivity index (χ2n) is 13.0. The first kappa shape index (κ1) is 31.1. The van der Waals surface area contributed by atoms with E-state index in [2.05, 4.69) is 0 Å². The summed E-state index contributed by atoms with van der Waals surface area (Å²) in [6, 6.07) is 17.2. The number of carbonyl (C=O) groups excluding carboxylic acids is 5. The van der Waals surface area contributed by atoms with Crippen molar-refractivity contribution in [3.05, 3.63) is 94.8 Å². The largest absolute Gasteiger partial charge is 0.488 e. The lowest BCUT2D eigenvalue weighted by Gasteiger charge is -2.52. The van der Waals surface area contributed by atoms with Gasteiger partial charge in [-0.1, -0.05) is 42.0 Å². The van der Waals surface area contributed by atoms with Gasteiger partial charge in [-0.25, -0.2) is 18.9 Å². The number of aryl methyl sites for hydroxylation is 1. The molecule has 2 aliphatic heterocycles. The van der Waals surface area contributed by atoms with Crippen LogP contribution in [0.15, 0.2) is 66.7 Å². The molecule has 3 aromatic rings. The van der Waals surface area contributed by atoms with Gasteiger partial charge in [0.15, 0.2) is 5.78 Å². The number of fused-ring (bicyclic) bond motifs is 4. The Morgan fingerprint density at radius 1 is 1.02 bits per heavy atom. The highest BCUT2D eigenvalue weighted by molar-refractivity contribution is 6.35. The molecule has 1 aliphatic carbocycles. The molecular formula is C36H34FNO8. The van der Waals surface area contributed by atoms with Crippen LogP contribution in [0, 0.1) is 24.6 Å². The van der Waals surface area contributed by atoms with E-state index in [1.54, 1.807) is 70.2 Å². The minimum absolute atomic E-state index is 0.0728. The number of esters is 1. The molecular weight excluding hydrogens is 593 g/mol. The molecule has 10 heteroatoms. The summed E-state index contributed by atoms with van der Waals surface area (Å²) >= 11 is 0. The van der Waals surface area contributed by atoms with Gasteiger partial charge in [0, 0.05) is 5.92 Å². The standard InChI is InChI=1S/C36H34FNO8/c1-6-44-32(41)30(40)27-28(20-11-9-10-19(2)16-20)36(18-23-29(39)22-12-7-8-13-26(22)45-31(23)27)24-17-21(37)14-15-25(24)38(33(36)42)34(43)46-35(3,4)5/h7-17,23,27-28,31H,6,18H2,1-5H3/t23-,27+,28-,31-,36-/m0/s1. The van der Waals surface area contributed by atoms with E-state index in [0.29, 0.717) is 5.56 Å². The van der Waals surface area contributed by atoms with E-state index in [1.165, 1.54) is 6.07 Å². The Morgan fingerprint density at radius 2 is 1.76 bits per heavy atom. The molecule has 0 aromatic heterocycles. The third-order valence-electron chi connectivity index (χ3n) is 8.96. The van der Waals surface area contributed by atoms with E-state index in [1.807, 2.05) is 13.0 Å². The second-order valence-corrected chi connectivity index (χ2v) is 13.0. The fraction of sp³-hybridized carbons (Fsp3) is 0.361. The highest BCUT2D eigenvalue weighted by Crippen LogP contribution is 2.62. The molecule has 6 rings (SSSR count). The van der Waals surface area contributed by atoms with Gasteiger partial charge in [0.25, 0.3) is 0 Å². The maximum Gasteiger partial charge on any atom is 0.421 e. The van der Waals surface area contributed by atoms with E-state index in [0.717, 1.165) is 22.6 Å². The molecule has 0 radical (unpaired) electrons. The van der Waals surface area contributed by atoms with Crippen molar-refractivity contribution in [2.24, 2.45) is 11.8 Å². The van der Waals surface area contributed by atoms with Crippen LogP contribution in [-0.2, 0) is 29.3 Å². The molecule has 0 unspecified atom stereocenters. The Hall–Kier alpha value is -4.86. The number of ether oxygens (including phenoxy) is 3. The van der Waals surface area contributed by atoms with Crippen molar-refractivity contribution in [2.45, 2.75) is 64.1 Å². The number of ketones is 2. The molecule has 238 valence electrons. The predicted octanol–water partition coefficient (Wildman–Crippen LogP) is 5.85. The van der Waals surface area contributed by atoms with Crippen LogP contribution in [0.25, 0.3) is 0 Å². The summed E-state index contributed by atoms with van der Waals surface area (Å²) < 4.78 is 32.4. The Morgan fingerprint density at radius 3 is 2.46 bits per heavy atom. The molecule has 5 atom stereocenters. The van der Waals surface area contributed by atoms with Gasteiger partial charge >= 0.3 is 12.1 Å². The first-order valence-electron chi connectivity index (χ1n) is 15.2. The Kier molecular flexibility index (Phi) is 7.57. The van der Waals surface area contributed by atoms with Gasteiger partial charge in [-0.3, -0.25) is 14.4 Å². The average molecular weight is 628 g/mol. The van der Waals surface area contributed by atoms with Crippen LogP contribution in [0.2, 0.25) is 0 Å². The molecule has 46 heavy (non-hydrogen) atoms. The van der Waals surface area contributed by atoms with E-state index < -0.39 is 70.2 Å². The topological polar surface area (TPSA) is 116 Å². The summed E-state index contributed by atoms with van der Waals surface area (Å²) in [5.74, 6) is -7.49. The normalized spacial score (nSPS) is 24.9. The molecule has 1 spiro atoms. The predicted molar refractivity (Wildman–Crippen MR) is 164 cm³/mol. The summed E-state index contributed by atoms with van der Waals surface area (Å²) in [5, 5.41) is 0. The lowest BCUT2D eigenvalue weighted by molar-refractivity contribution is -0.160. The van der Waals surface area contributed by atoms with Crippen molar-refractivity contribution < 1.29 is 42.6 Å². The Bertz CT molecular complexity index is 1790. The Labute approximate surface area is 265 Å². The summed E-state index contributed by atoms with van der Waals surface area (Å²) in [6.45, 7) is 8.25.